The van der Waals surface area contributed by atoms with Crippen LogP contribution in [0.5, 0.6) is 5.75 Å². The van der Waals surface area contributed by atoms with Crippen LogP contribution in [0.3, 0.4) is 0 Å². The Labute approximate surface area is 238 Å². The van der Waals surface area contributed by atoms with Gasteiger partial charge in [0.25, 0.3) is 11.5 Å². The number of anilines is 1. The van der Waals surface area contributed by atoms with E-state index < -0.39 is 17.2 Å². The highest BCUT2D eigenvalue weighted by molar-refractivity contribution is 5.92. The molecule has 2 aromatic rings. The molecular weight excluding hydrogens is 526 g/mol. The first-order chi connectivity index (χ1) is 19.7. The third kappa shape index (κ3) is 7.75. The predicted octanol–water partition coefficient (Wildman–Crippen LogP) is 4.70. The van der Waals surface area contributed by atoms with Gasteiger partial charge in [-0.05, 0) is 44.6 Å². The summed E-state index contributed by atoms with van der Waals surface area (Å²) in [5, 5.41) is 21.6. The average molecular weight is 564 g/mol. The standard InChI is InChI=1S/C30H37N5O6/c1-30(2,38)20-34-14-13-26(33-34)32-29(37)24(15-21-9-5-3-6-10-21)35-27(36)16-23(17-31-35)41-28-19-39-25(18-40-28)22-11-7-4-8-12-22/h4,7,11,13-14,16-19,21,24,38H,3,5-6,8-10,12,15,20H2,1-2H3,(H,32,33,37). The molecule has 0 saturated heterocycles. The lowest BCUT2D eigenvalue weighted by atomic mass is 9.84. The van der Waals surface area contributed by atoms with Gasteiger partial charge in [-0.15, -0.1) is 0 Å². The van der Waals surface area contributed by atoms with E-state index in [9.17, 15) is 14.7 Å². The van der Waals surface area contributed by atoms with Crippen molar-refractivity contribution in [2.24, 2.45) is 5.92 Å². The Morgan fingerprint density at radius 3 is 2.76 bits per heavy atom. The number of allylic oxidation sites excluding steroid dienone is 4. The monoisotopic (exact) mass is 563 g/mol. The van der Waals surface area contributed by atoms with E-state index in [-0.39, 0.29) is 24.1 Å². The topological polar surface area (TPSA) is 130 Å². The Bertz CT molecular complexity index is 1420. The number of hydrogen-bond acceptors (Lipinski definition) is 8. The summed E-state index contributed by atoms with van der Waals surface area (Å²) < 4.78 is 19.7. The van der Waals surface area contributed by atoms with Crippen molar-refractivity contribution >= 4 is 11.7 Å². The predicted molar refractivity (Wildman–Crippen MR) is 151 cm³/mol. The first kappa shape index (κ1) is 28.4. The van der Waals surface area contributed by atoms with Gasteiger partial charge >= 0.3 is 5.95 Å². The number of carbonyl (C=O) groups excluding carboxylic acids is 1. The van der Waals surface area contributed by atoms with Gasteiger partial charge in [0.2, 0.25) is 0 Å². The van der Waals surface area contributed by atoms with Crippen molar-refractivity contribution in [1.29, 1.82) is 0 Å². The van der Waals surface area contributed by atoms with Crippen LogP contribution in [0.25, 0.3) is 0 Å². The first-order valence-corrected chi connectivity index (χ1v) is 14.2. The fourth-order valence-electron chi connectivity index (χ4n) is 5.27. The summed E-state index contributed by atoms with van der Waals surface area (Å²) in [4.78, 5) is 26.7. The Hall–Kier alpha value is -4.12. The Balaban J connectivity index is 1.28. The molecule has 0 radical (unpaired) electrons. The lowest BCUT2D eigenvalue weighted by Crippen LogP contribution is -2.36. The van der Waals surface area contributed by atoms with E-state index in [1.807, 2.05) is 12.2 Å². The lowest BCUT2D eigenvalue weighted by Gasteiger charge is -2.26. The van der Waals surface area contributed by atoms with Crippen LogP contribution in [0.4, 0.5) is 5.82 Å². The molecule has 1 saturated carbocycles. The Kier molecular flexibility index (Phi) is 8.72. The number of carbonyl (C=O) groups is 1. The van der Waals surface area contributed by atoms with Crippen LogP contribution < -0.4 is 15.6 Å². The van der Waals surface area contributed by atoms with Gasteiger partial charge in [-0.1, -0.05) is 50.3 Å². The fourth-order valence-corrected chi connectivity index (χ4v) is 5.27. The summed E-state index contributed by atoms with van der Waals surface area (Å²) in [5.74, 6) is 1.12. The van der Waals surface area contributed by atoms with Crippen molar-refractivity contribution < 1.29 is 24.1 Å². The average Bonchev–Trinajstić information content (AvgIpc) is 3.38. The minimum atomic E-state index is -0.953. The second-order valence-electron chi connectivity index (χ2n) is 11.3. The summed E-state index contributed by atoms with van der Waals surface area (Å²) in [5.41, 5.74) is -0.400. The van der Waals surface area contributed by atoms with Gasteiger partial charge in [0.15, 0.2) is 23.6 Å². The molecule has 5 rings (SSSR count). The van der Waals surface area contributed by atoms with Gasteiger partial charge in [-0.25, -0.2) is 4.68 Å². The van der Waals surface area contributed by atoms with E-state index in [0.717, 1.165) is 44.1 Å². The maximum absolute atomic E-state index is 13.5. The summed E-state index contributed by atoms with van der Waals surface area (Å²) >= 11 is 0. The molecule has 3 heterocycles. The number of aliphatic hydroxyl groups is 1. The SMILES string of the molecule is CC(C)(O)Cn1ccc(NC(=O)C(CC2CCCCC2)n2ncc(OC3=COC(C4=CC=CCC4)=CO3)cc2=O)n1. The molecule has 2 aromatic heterocycles. The number of nitrogens with zero attached hydrogens (tertiary/aromatic N) is 4. The van der Waals surface area contributed by atoms with Gasteiger partial charge in [0, 0.05) is 18.3 Å². The van der Waals surface area contributed by atoms with Gasteiger partial charge in [-0.3, -0.25) is 14.3 Å². The van der Waals surface area contributed by atoms with Gasteiger partial charge in [0.1, 0.15) is 12.3 Å². The van der Waals surface area contributed by atoms with E-state index >= 15 is 0 Å². The first-order valence-electron chi connectivity index (χ1n) is 14.2. The number of aromatic nitrogens is 4. The zero-order valence-corrected chi connectivity index (χ0v) is 23.5. The molecule has 41 heavy (non-hydrogen) atoms. The molecule has 3 aliphatic rings. The molecule has 1 amide bonds. The van der Waals surface area contributed by atoms with Crippen molar-refractivity contribution in [2.45, 2.75) is 83.4 Å². The summed E-state index contributed by atoms with van der Waals surface area (Å²) in [7, 11) is 0. The van der Waals surface area contributed by atoms with Gasteiger partial charge < -0.3 is 24.6 Å². The molecule has 11 nitrogen and oxygen atoms in total. The molecule has 2 aliphatic carbocycles. The number of ether oxygens (including phenoxy) is 3. The minimum absolute atomic E-state index is 0.0674. The maximum atomic E-state index is 13.5. The largest absolute Gasteiger partial charge is 0.454 e. The molecule has 11 heteroatoms. The van der Waals surface area contributed by atoms with Gasteiger partial charge in [-0.2, -0.15) is 10.2 Å². The number of nitrogens with one attached hydrogen (secondary N) is 1. The van der Waals surface area contributed by atoms with Crippen molar-refractivity contribution in [3.63, 3.8) is 0 Å². The van der Waals surface area contributed by atoms with E-state index in [1.165, 1.54) is 35.9 Å². The van der Waals surface area contributed by atoms with E-state index in [4.69, 9.17) is 14.2 Å². The summed E-state index contributed by atoms with van der Waals surface area (Å²) in [6.07, 6.45) is 19.6. The van der Waals surface area contributed by atoms with Crippen molar-refractivity contribution in [3.8, 4) is 5.75 Å². The molecule has 218 valence electrons. The normalized spacial score (nSPS) is 18.4. The third-order valence-electron chi connectivity index (χ3n) is 7.23. The second kappa shape index (κ2) is 12.6. The highest BCUT2D eigenvalue weighted by Crippen LogP contribution is 2.31. The zero-order valence-electron chi connectivity index (χ0n) is 23.5. The molecule has 1 atom stereocenters. The second-order valence-corrected chi connectivity index (χ2v) is 11.3. The fraction of sp³-hybridized carbons (Fsp3) is 0.467. The van der Waals surface area contributed by atoms with E-state index in [1.54, 1.807) is 30.8 Å². The zero-order chi connectivity index (χ0) is 28.8. The van der Waals surface area contributed by atoms with Crippen LogP contribution in [0.1, 0.15) is 71.3 Å². The molecule has 0 bridgehead atoms. The Morgan fingerprint density at radius 1 is 1.24 bits per heavy atom. The maximum Gasteiger partial charge on any atom is 0.326 e. The third-order valence-corrected chi connectivity index (χ3v) is 7.23. The highest BCUT2D eigenvalue weighted by Gasteiger charge is 2.29. The van der Waals surface area contributed by atoms with Crippen LogP contribution in [0.2, 0.25) is 0 Å². The van der Waals surface area contributed by atoms with Crippen LogP contribution in [-0.4, -0.2) is 36.2 Å². The van der Waals surface area contributed by atoms with Crippen molar-refractivity contribution in [3.05, 3.63) is 82.9 Å². The molecule has 1 unspecified atom stereocenters. The molecule has 0 aromatic carbocycles. The summed E-state index contributed by atoms with van der Waals surface area (Å²) in [6.45, 7) is 3.64. The molecule has 1 aliphatic heterocycles. The molecule has 0 spiro atoms. The lowest BCUT2D eigenvalue weighted by molar-refractivity contribution is -0.120. The summed E-state index contributed by atoms with van der Waals surface area (Å²) in [6, 6.07) is 2.12. The van der Waals surface area contributed by atoms with Crippen LogP contribution >= 0.6 is 0 Å². The van der Waals surface area contributed by atoms with Crippen LogP contribution in [0, 0.1) is 5.92 Å². The number of rotatable bonds is 10. The number of amides is 1. The quantitative estimate of drug-likeness (QED) is 0.425. The van der Waals surface area contributed by atoms with Crippen LogP contribution in [-0.2, 0) is 20.8 Å². The van der Waals surface area contributed by atoms with E-state index in [2.05, 4.69) is 21.6 Å². The smallest absolute Gasteiger partial charge is 0.326 e. The molecule has 2 N–H and O–H groups in total. The number of hydrogen-bond donors (Lipinski definition) is 2. The highest BCUT2D eigenvalue weighted by atomic mass is 16.7. The van der Waals surface area contributed by atoms with Crippen molar-refractivity contribution in [2.75, 3.05) is 5.32 Å². The molecule has 1 fully saturated rings. The van der Waals surface area contributed by atoms with Crippen LogP contribution in [0.15, 0.2) is 77.4 Å². The Morgan fingerprint density at radius 2 is 2.07 bits per heavy atom. The van der Waals surface area contributed by atoms with Gasteiger partial charge in [0.05, 0.1) is 18.3 Å². The van der Waals surface area contributed by atoms with Crippen molar-refractivity contribution in [1.82, 2.24) is 19.6 Å². The minimum Gasteiger partial charge on any atom is -0.454 e. The molecular formula is C30H37N5O6. The van der Waals surface area contributed by atoms with E-state index in [0.29, 0.717) is 23.9 Å².